The van der Waals surface area contributed by atoms with Crippen molar-refractivity contribution in [2.75, 3.05) is 0 Å². The maximum Gasteiger partial charge on any atom is 0.271 e. The van der Waals surface area contributed by atoms with Gasteiger partial charge in [0.25, 0.3) is 20.2 Å². The monoisotopic (exact) mass is 270 g/mol. The molecule has 0 aliphatic heterocycles. The lowest BCUT2D eigenvalue weighted by Crippen LogP contribution is -2.23. The molecule has 0 spiro atoms. The third kappa shape index (κ3) is 4.88. The van der Waals surface area contributed by atoms with Gasteiger partial charge >= 0.3 is 0 Å². The summed E-state index contributed by atoms with van der Waals surface area (Å²) < 4.78 is 60.5. The largest absolute Gasteiger partial charge is 0.285 e. The lowest BCUT2D eigenvalue weighted by Gasteiger charge is -2.12. The minimum atomic E-state index is -4.29. The Morgan fingerprint density at radius 1 is 0.875 bits per heavy atom. The van der Waals surface area contributed by atoms with Crippen molar-refractivity contribution in [3.8, 4) is 0 Å². The summed E-state index contributed by atoms with van der Waals surface area (Å²) in [5.41, 5.74) is 0. The minimum Gasteiger partial charge on any atom is -0.285 e. The fourth-order valence-electron chi connectivity index (χ4n) is 1.11. The van der Waals surface area contributed by atoms with Crippen LogP contribution in [0.15, 0.2) is 25.3 Å². The SMILES string of the molecule is C=CC(CCC(C=C)S(=O)(=O)O)S(=O)(=O)O. The molecule has 8 heteroatoms. The van der Waals surface area contributed by atoms with Crippen LogP contribution in [0.2, 0.25) is 0 Å². The van der Waals surface area contributed by atoms with Crippen LogP contribution in [-0.4, -0.2) is 36.4 Å². The predicted molar refractivity (Wildman–Crippen MR) is 60.3 cm³/mol. The Balaban J connectivity index is 4.67. The molecule has 6 nitrogen and oxygen atoms in total. The summed E-state index contributed by atoms with van der Waals surface area (Å²) in [6.45, 7) is 6.43. The van der Waals surface area contributed by atoms with Crippen molar-refractivity contribution in [3.05, 3.63) is 25.3 Å². The highest BCUT2D eigenvalue weighted by atomic mass is 32.2. The number of hydrogen-bond acceptors (Lipinski definition) is 4. The summed E-state index contributed by atoms with van der Waals surface area (Å²) >= 11 is 0. The molecule has 0 aliphatic rings. The predicted octanol–water partition coefficient (Wildman–Crippen LogP) is 0.651. The summed E-state index contributed by atoms with van der Waals surface area (Å²) in [5, 5.41) is -2.51. The maximum atomic E-state index is 10.8. The summed E-state index contributed by atoms with van der Waals surface area (Å²) in [6, 6.07) is 0. The van der Waals surface area contributed by atoms with Gasteiger partial charge in [-0.2, -0.15) is 16.8 Å². The zero-order chi connectivity index (χ0) is 13.0. The molecule has 0 aromatic rings. The van der Waals surface area contributed by atoms with Gasteiger partial charge in [0, 0.05) is 0 Å². The van der Waals surface area contributed by atoms with Crippen LogP contribution in [0.4, 0.5) is 0 Å². The van der Waals surface area contributed by atoms with Crippen molar-refractivity contribution in [3.63, 3.8) is 0 Å². The maximum absolute atomic E-state index is 10.8. The second-order valence-corrected chi connectivity index (χ2v) is 6.43. The van der Waals surface area contributed by atoms with Crippen LogP contribution in [0, 0.1) is 0 Å². The standard InChI is InChI=1S/C8H14O6S2/c1-3-7(15(9,10)11)5-6-8(4-2)16(12,13)14/h3-4,7-8H,1-2,5-6H2,(H,9,10,11)(H,12,13,14). The molecule has 2 atom stereocenters. The molecular weight excluding hydrogens is 256 g/mol. The van der Waals surface area contributed by atoms with Gasteiger partial charge in [0.1, 0.15) is 10.5 Å². The van der Waals surface area contributed by atoms with Gasteiger partial charge in [-0.3, -0.25) is 9.11 Å². The van der Waals surface area contributed by atoms with Crippen molar-refractivity contribution in [1.29, 1.82) is 0 Å². The zero-order valence-electron chi connectivity index (χ0n) is 8.48. The molecule has 0 aromatic heterocycles. The molecule has 0 saturated heterocycles. The van der Waals surface area contributed by atoms with E-state index in [0.717, 1.165) is 12.2 Å². The van der Waals surface area contributed by atoms with Crippen molar-refractivity contribution in [2.45, 2.75) is 23.3 Å². The Morgan fingerprint density at radius 2 is 1.12 bits per heavy atom. The van der Waals surface area contributed by atoms with Gasteiger partial charge in [0.15, 0.2) is 0 Å². The first-order valence-electron chi connectivity index (χ1n) is 4.30. The van der Waals surface area contributed by atoms with Gasteiger partial charge in [0.2, 0.25) is 0 Å². The normalized spacial score (nSPS) is 16.4. The Hall–Kier alpha value is -0.700. The van der Waals surface area contributed by atoms with Gasteiger partial charge in [-0.25, -0.2) is 0 Å². The molecule has 0 fully saturated rings. The molecule has 0 rings (SSSR count). The molecule has 16 heavy (non-hydrogen) atoms. The molecule has 94 valence electrons. The van der Waals surface area contributed by atoms with Crippen molar-refractivity contribution in [2.24, 2.45) is 0 Å². The average molecular weight is 270 g/mol. The van der Waals surface area contributed by atoms with Crippen molar-refractivity contribution in [1.82, 2.24) is 0 Å². The van der Waals surface area contributed by atoms with Crippen LogP contribution in [0.25, 0.3) is 0 Å². The first-order valence-corrected chi connectivity index (χ1v) is 7.31. The third-order valence-electron chi connectivity index (χ3n) is 2.03. The van der Waals surface area contributed by atoms with Crippen molar-refractivity contribution < 1.29 is 25.9 Å². The van der Waals surface area contributed by atoms with E-state index in [4.69, 9.17) is 9.11 Å². The highest BCUT2D eigenvalue weighted by molar-refractivity contribution is 7.87. The minimum absolute atomic E-state index is 0.168. The van der Waals surface area contributed by atoms with Gasteiger partial charge in [-0.15, -0.1) is 13.2 Å². The highest BCUT2D eigenvalue weighted by Gasteiger charge is 2.24. The lowest BCUT2D eigenvalue weighted by atomic mass is 10.2. The van der Waals surface area contributed by atoms with E-state index in [1.165, 1.54) is 0 Å². The first-order chi connectivity index (χ1) is 7.12. The van der Waals surface area contributed by atoms with Crippen LogP contribution in [0.5, 0.6) is 0 Å². The summed E-state index contributed by atoms with van der Waals surface area (Å²) in [4.78, 5) is 0. The van der Waals surface area contributed by atoms with E-state index < -0.39 is 30.7 Å². The van der Waals surface area contributed by atoms with Crippen LogP contribution < -0.4 is 0 Å². The summed E-state index contributed by atoms with van der Waals surface area (Å²) in [5.74, 6) is 0. The second kappa shape index (κ2) is 5.58. The molecule has 0 saturated carbocycles. The quantitative estimate of drug-likeness (QED) is 0.519. The summed E-state index contributed by atoms with van der Waals surface area (Å²) in [6.07, 6.45) is 1.66. The van der Waals surface area contributed by atoms with Crippen LogP contribution in [-0.2, 0) is 20.2 Å². The van der Waals surface area contributed by atoms with E-state index in [0.29, 0.717) is 0 Å². The number of rotatable bonds is 7. The summed E-state index contributed by atoms with van der Waals surface area (Å²) in [7, 11) is -8.59. The lowest BCUT2D eigenvalue weighted by molar-refractivity contribution is 0.459. The molecule has 0 heterocycles. The molecular formula is C8H14O6S2. The molecule has 0 amide bonds. The van der Waals surface area contributed by atoms with Crippen LogP contribution in [0.1, 0.15) is 12.8 Å². The molecule has 0 bridgehead atoms. The fourth-order valence-corrected chi connectivity index (χ4v) is 2.46. The van der Waals surface area contributed by atoms with Gasteiger partial charge in [0.05, 0.1) is 0 Å². The average Bonchev–Trinajstić information content (AvgIpc) is 2.08. The second-order valence-electron chi connectivity index (χ2n) is 3.16. The molecule has 0 aromatic carbocycles. The Labute approximate surface area is 95.2 Å². The molecule has 2 unspecified atom stereocenters. The first kappa shape index (κ1) is 15.3. The zero-order valence-corrected chi connectivity index (χ0v) is 10.1. The molecule has 0 radical (unpaired) electrons. The van der Waals surface area contributed by atoms with E-state index in [-0.39, 0.29) is 12.8 Å². The van der Waals surface area contributed by atoms with E-state index in [2.05, 4.69) is 13.2 Å². The smallest absolute Gasteiger partial charge is 0.271 e. The number of hydrogen-bond donors (Lipinski definition) is 2. The van der Waals surface area contributed by atoms with E-state index in [1.54, 1.807) is 0 Å². The molecule has 2 N–H and O–H groups in total. The Bertz CT molecular complexity index is 403. The Morgan fingerprint density at radius 3 is 1.25 bits per heavy atom. The van der Waals surface area contributed by atoms with E-state index >= 15 is 0 Å². The highest BCUT2D eigenvalue weighted by Crippen LogP contribution is 2.15. The van der Waals surface area contributed by atoms with Gasteiger partial charge in [-0.1, -0.05) is 12.2 Å². The molecule has 0 aliphatic carbocycles. The van der Waals surface area contributed by atoms with E-state index in [9.17, 15) is 16.8 Å². The van der Waals surface area contributed by atoms with Gasteiger partial charge in [-0.05, 0) is 12.8 Å². The van der Waals surface area contributed by atoms with Crippen LogP contribution >= 0.6 is 0 Å². The third-order valence-corrected chi connectivity index (χ3v) is 4.41. The van der Waals surface area contributed by atoms with Gasteiger partial charge < -0.3 is 0 Å². The van der Waals surface area contributed by atoms with Crippen LogP contribution in [0.3, 0.4) is 0 Å². The Kier molecular flexibility index (Phi) is 5.33. The van der Waals surface area contributed by atoms with E-state index in [1.807, 2.05) is 0 Å². The van der Waals surface area contributed by atoms with Crippen molar-refractivity contribution >= 4 is 20.2 Å². The fraction of sp³-hybridized carbons (Fsp3) is 0.500. The topological polar surface area (TPSA) is 109 Å².